The van der Waals surface area contributed by atoms with Crippen LogP contribution in [0.2, 0.25) is 5.15 Å². The Balaban J connectivity index is 2.07. The zero-order valence-corrected chi connectivity index (χ0v) is 10.5. The number of halogens is 1. The summed E-state index contributed by atoms with van der Waals surface area (Å²) in [6, 6.07) is 1.69. The summed E-state index contributed by atoms with van der Waals surface area (Å²) in [6.45, 7) is 4.19. The molecule has 1 unspecified atom stereocenters. The minimum Gasteiger partial charge on any atom is -0.475 e. The predicted molar refractivity (Wildman–Crippen MR) is 64.0 cm³/mol. The molecule has 4 heteroatoms. The molecule has 1 fully saturated rings. The molecule has 1 aliphatic carbocycles. The topological polar surface area (TPSA) is 35.0 Å². The van der Waals surface area contributed by atoms with E-state index in [1.165, 1.54) is 12.8 Å². The van der Waals surface area contributed by atoms with Gasteiger partial charge >= 0.3 is 0 Å². The maximum atomic E-state index is 5.95. The third-order valence-corrected chi connectivity index (χ3v) is 2.84. The predicted octanol–water partition coefficient (Wildman–Crippen LogP) is 3.57. The van der Waals surface area contributed by atoms with Gasteiger partial charge in [0.1, 0.15) is 11.0 Å². The highest BCUT2D eigenvalue weighted by Gasteiger charge is 2.27. The second-order valence-corrected chi connectivity index (χ2v) is 4.77. The molecule has 1 saturated carbocycles. The first kappa shape index (κ1) is 11.6. The molecule has 1 atom stereocenters. The Morgan fingerprint density at radius 3 is 2.88 bits per heavy atom. The van der Waals surface area contributed by atoms with E-state index >= 15 is 0 Å². The number of hydrogen-bond donors (Lipinski definition) is 0. The largest absolute Gasteiger partial charge is 0.475 e. The zero-order valence-electron chi connectivity index (χ0n) is 9.74. The molecule has 0 amide bonds. The average molecular weight is 241 g/mol. The Morgan fingerprint density at radius 1 is 1.50 bits per heavy atom. The van der Waals surface area contributed by atoms with Gasteiger partial charge in [0.2, 0.25) is 5.88 Å². The summed E-state index contributed by atoms with van der Waals surface area (Å²) in [5.74, 6) is 1.96. The lowest BCUT2D eigenvalue weighted by Crippen LogP contribution is -2.12. The van der Waals surface area contributed by atoms with Crippen molar-refractivity contribution < 1.29 is 4.74 Å². The van der Waals surface area contributed by atoms with E-state index in [9.17, 15) is 0 Å². The van der Waals surface area contributed by atoms with Gasteiger partial charge in [0.25, 0.3) is 0 Å². The normalized spacial score (nSPS) is 17.2. The fourth-order valence-electron chi connectivity index (χ4n) is 1.67. The molecule has 1 heterocycles. The van der Waals surface area contributed by atoms with Crippen LogP contribution in [-0.2, 0) is 0 Å². The molecule has 0 bridgehead atoms. The average Bonchev–Trinajstić information content (AvgIpc) is 2.99. The summed E-state index contributed by atoms with van der Waals surface area (Å²) < 4.78 is 5.72. The molecule has 3 nitrogen and oxygen atoms in total. The molecule has 16 heavy (non-hydrogen) atoms. The fourth-order valence-corrected chi connectivity index (χ4v) is 1.85. The van der Waals surface area contributed by atoms with Gasteiger partial charge in [0, 0.05) is 12.0 Å². The van der Waals surface area contributed by atoms with Crippen LogP contribution in [0.1, 0.15) is 51.3 Å². The van der Waals surface area contributed by atoms with Crippen molar-refractivity contribution in [2.45, 2.75) is 51.6 Å². The molecule has 0 spiro atoms. The van der Waals surface area contributed by atoms with Gasteiger partial charge in [0.15, 0.2) is 0 Å². The molecule has 1 aliphatic rings. The van der Waals surface area contributed by atoms with E-state index in [0.29, 0.717) is 17.0 Å². The SMILES string of the molecule is CCCC(C)Oc1cc(Cl)nc(C2CC2)n1. The van der Waals surface area contributed by atoms with Gasteiger partial charge in [-0.05, 0) is 26.2 Å². The van der Waals surface area contributed by atoms with Crippen LogP contribution >= 0.6 is 11.6 Å². The van der Waals surface area contributed by atoms with Crippen molar-refractivity contribution in [3.8, 4) is 5.88 Å². The van der Waals surface area contributed by atoms with E-state index < -0.39 is 0 Å². The zero-order chi connectivity index (χ0) is 11.5. The van der Waals surface area contributed by atoms with E-state index in [2.05, 4.69) is 23.8 Å². The second kappa shape index (κ2) is 5.00. The fraction of sp³-hybridized carbons (Fsp3) is 0.667. The smallest absolute Gasteiger partial charge is 0.218 e. The van der Waals surface area contributed by atoms with Gasteiger partial charge in [-0.3, -0.25) is 0 Å². The molecule has 2 rings (SSSR count). The van der Waals surface area contributed by atoms with Crippen molar-refractivity contribution in [2.75, 3.05) is 0 Å². The lowest BCUT2D eigenvalue weighted by Gasteiger charge is -2.13. The summed E-state index contributed by atoms with van der Waals surface area (Å²) in [5.41, 5.74) is 0. The van der Waals surface area contributed by atoms with E-state index in [1.807, 2.05) is 0 Å². The molecule has 0 saturated heterocycles. The Bertz CT molecular complexity index is 366. The first-order valence-electron chi connectivity index (χ1n) is 5.90. The van der Waals surface area contributed by atoms with E-state index in [0.717, 1.165) is 18.7 Å². The molecule has 0 radical (unpaired) electrons. The van der Waals surface area contributed by atoms with Crippen LogP contribution in [0.4, 0.5) is 0 Å². The number of rotatable bonds is 5. The maximum Gasteiger partial charge on any atom is 0.218 e. The molecule has 1 aromatic rings. The van der Waals surface area contributed by atoms with Crippen molar-refractivity contribution in [3.05, 3.63) is 17.0 Å². The number of hydrogen-bond acceptors (Lipinski definition) is 3. The highest BCUT2D eigenvalue weighted by molar-refractivity contribution is 6.29. The summed E-state index contributed by atoms with van der Waals surface area (Å²) in [4.78, 5) is 8.62. The highest BCUT2D eigenvalue weighted by Crippen LogP contribution is 2.39. The monoisotopic (exact) mass is 240 g/mol. The first-order chi connectivity index (χ1) is 7.69. The van der Waals surface area contributed by atoms with Gasteiger partial charge in [-0.15, -0.1) is 0 Å². The second-order valence-electron chi connectivity index (χ2n) is 4.38. The minimum atomic E-state index is 0.183. The summed E-state index contributed by atoms with van der Waals surface area (Å²) >= 11 is 5.95. The van der Waals surface area contributed by atoms with Crippen LogP contribution in [0.25, 0.3) is 0 Å². The minimum absolute atomic E-state index is 0.183. The Morgan fingerprint density at radius 2 is 2.25 bits per heavy atom. The van der Waals surface area contributed by atoms with Gasteiger partial charge < -0.3 is 4.74 Å². The third-order valence-electron chi connectivity index (χ3n) is 2.65. The Labute approximate surface area is 101 Å². The van der Waals surface area contributed by atoms with Crippen LogP contribution in [-0.4, -0.2) is 16.1 Å². The van der Waals surface area contributed by atoms with Crippen LogP contribution < -0.4 is 4.74 Å². The molecular formula is C12H17ClN2O. The van der Waals surface area contributed by atoms with E-state index in [-0.39, 0.29) is 6.10 Å². The molecule has 1 aromatic heterocycles. The van der Waals surface area contributed by atoms with Gasteiger partial charge in [-0.1, -0.05) is 24.9 Å². The van der Waals surface area contributed by atoms with Crippen molar-refractivity contribution in [1.82, 2.24) is 9.97 Å². The van der Waals surface area contributed by atoms with Crippen LogP contribution in [0.15, 0.2) is 6.07 Å². The Hall–Kier alpha value is -0.830. The number of aromatic nitrogens is 2. The summed E-state index contributed by atoms with van der Waals surface area (Å²) in [6.07, 6.45) is 4.66. The molecular weight excluding hydrogens is 224 g/mol. The van der Waals surface area contributed by atoms with Gasteiger partial charge in [0.05, 0.1) is 6.10 Å². The van der Waals surface area contributed by atoms with Crippen LogP contribution in [0.5, 0.6) is 5.88 Å². The molecule has 0 N–H and O–H groups in total. The Kier molecular flexibility index (Phi) is 3.64. The van der Waals surface area contributed by atoms with E-state index in [4.69, 9.17) is 16.3 Å². The lowest BCUT2D eigenvalue weighted by atomic mass is 10.2. The summed E-state index contributed by atoms with van der Waals surface area (Å²) in [7, 11) is 0. The first-order valence-corrected chi connectivity index (χ1v) is 6.28. The van der Waals surface area contributed by atoms with Gasteiger partial charge in [-0.25, -0.2) is 4.98 Å². The number of ether oxygens (including phenoxy) is 1. The third kappa shape index (κ3) is 3.08. The number of nitrogens with zero attached hydrogens (tertiary/aromatic N) is 2. The quantitative estimate of drug-likeness (QED) is 0.738. The summed E-state index contributed by atoms with van der Waals surface area (Å²) in [5, 5.41) is 0.482. The standard InChI is InChI=1S/C12H17ClN2O/c1-3-4-8(2)16-11-7-10(13)14-12(15-11)9-5-6-9/h7-9H,3-6H2,1-2H3. The van der Waals surface area contributed by atoms with E-state index in [1.54, 1.807) is 6.07 Å². The van der Waals surface area contributed by atoms with Gasteiger partial charge in [-0.2, -0.15) is 4.98 Å². The van der Waals surface area contributed by atoms with Crippen molar-refractivity contribution in [3.63, 3.8) is 0 Å². The van der Waals surface area contributed by atoms with Crippen LogP contribution in [0.3, 0.4) is 0 Å². The van der Waals surface area contributed by atoms with Crippen LogP contribution in [0, 0.1) is 0 Å². The molecule has 88 valence electrons. The highest BCUT2D eigenvalue weighted by atomic mass is 35.5. The van der Waals surface area contributed by atoms with Crippen molar-refractivity contribution in [2.24, 2.45) is 0 Å². The lowest BCUT2D eigenvalue weighted by molar-refractivity contribution is 0.200. The maximum absolute atomic E-state index is 5.95. The van der Waals surface area contributed by atoms with Crippen molar-refractivity contribution in [1.29, 1.82) is 0 Å². The molecule has 0 aliphatic heterocycles. The molecule has 0 aromatic carbocycles. The van der Waals surface area contributed by atoms with Crippen molar-refractivity contribution >= 4 is 11.6 Å².